The molecule has 0 spiro atoms. The fraction of sp³-hybridized carbons (Fsp3) is 0.500. The molecule has 2 unspecified atom stereocenters. The van der Waals surface area contributed by atoms with E-state index in [-0.39, 0.29) is 18.2 Å². The molecule has 2 aliphatic rings. The van der Waals surface area contributed by atoms with Crippen molar-refractivity contribution in [3.8, 4) is 0 Å². The van der Waals surface area contributed by atoms with Crippen LogP contribution in [0, 0.1) is 0 Å². The second kappa shape index (κ2) is 10.1. The number of amides is 2. The summed E-state index contributed by atoms with van der Waals surface area (Å²) in [7, 11) is 0. The van der Waals surface area contributed by atoms with E-state index in [4.69, 9.17) is 4.74 Å². The van der Waals surface area contributed by atoms with E-state index in [0.29, 0.717) is 6.54 Å². The highest BCUT2D eigenvalue weighted by Crippen LogP contribution is 2.18. The van der Waals surface area contributed by atoms with E-state index in [1.807, 2.05) is 29.3 Å². The number of carbonyl (C=O) groups excluding carboxylic acids is 1. The molecule has 2 atom stereocenters. The molecule has 7 nitrogen and oxygen atoms in total. The van der Waals surface area contributed by atoms with Crippen molar-refractivity contribution in [2.75, 3.05) is 44.2 Å². The molecular weight excluding hydrogens is 390 g/mol. The molecule has 2 amide bonds. The largest absolute Gasteiger partial charge is 0.372 e. The van der Waals surface area contributed by atoms with Crippen LogP contribution in [0.5, 0.6) is 0 Å². The normalized spacial score (nSPS) is 22.4. The number of benzene rings is 1. The van der Waals surface area contributed by atoms with Crippen molar-refractivity contribution in [1.29, 1.82) is 0 Å². The number of piperazine rings is 1. The summed E-state index contributed by atoms with van der Waals surface area (Å²) in [6.45, 7) is 10.6. The van der Waals surface area contributed by atoms with E-state index < -0.39 is 0 Å². The van der Waals surface area contributed by atoms with Crippen molar-refractivity contribution in [3.63, 3.8) is 0 Å². The number of hydrogen-bond acceptors (Lipinski definition) is 5. The molecule has 4 rings (SSSR count). The van der Waals surface area contributed by atoms with Crippen molar-refractivity contribution in [3.05, 3.63) is 59.8 Å². The van der Waals surface area contributed by atoms with Gasteiger partial charge >= 0.3 is 6.03 Å². The number of rotatable bonds is 5. The van der Waals surface area contributed by atoms with E-state index >= 15 is 0 Å². The number of ether oxygens (including phenoxy) is 1. The molecule has 0 saturated carbocycles. The Hall–Kier alpha value is -2.64. The number of pyridine rings is 1. The van der Waals surface area contributed by atoms with Gasteiger partial charge in [-0.05, 0) is 31.0 Å². The van der Waals surface area contributed by atoms with E-state index in [2.05, 4.69) is 58.2 Å². The summed E-state index contributed by atoms with van der Waals surface area (Å²) in [6.07, 6.45) is 2.27. The highest BCUT2D eigenvalue weighted by Gasteiger charge is 2.23. The van der Waals surface area contributed by atoms with Crippen molar-refractivity contribution in [2.24, 2.45) is 0 Å². The fourth-order valence-electron chi connectivity index (χ4n) is 4.31. The molecule has 1 aromatic heterocycles. The number of aromatic nitrogens is 1. The van der Waals surface area contributed by atoms with E-state index in [0.717, 1.165) is 57.2 Å². The summed E-state index contributed by atoms with van der Waals surface area (Å²) in [5, 5.41) is 3.04. The van der Waals surface area contributed by atoms with Crippen LogP contribution in [0.15, 0.2) is 48.7 Å². The smallest absolute Gasteiger partial charge is 0.317 e. The molecule has 2 saturated heterocycles. The molecule has 2 aromatic rings. The Bertz CT molecular complexity index is 827. The highest BCUT2D eigenvalue weighted by molar-refractivity contribution is 5.74. The van der Waals surface area contributed by atoms with Gasteiger partial charge in [0.05, 0.1) is 12.2 Å². The summed E-state index contributed by atoms with van der Waals surface area (Å²) in [5.41, 5.74) is 2.33. The van der Waals surface area contributed by atoms with Crippen LogP contribution in [0.1, 0.15) is 25.0 Å². The Morgan fingerprint density at radius 3 is 2.35 bits per heavy atom. The summed E-state index contributed by atoms with van der Waals surface area (Å²) in [4.78, 5) is 23.7. The number of nitrogens with zero attached hydrogens (tertiary/aromatic N) is 4. The lowest BCUT2D eigenvalue weighted by Gasteiger charge is -2.36. The number of urea groups is 1. The molecule has 1 aromatic carbocycles. The standard InChI is InChI=1S/C24H33N5O2/c1-19-16-29(17-20(2)31-19)23-9-8-22(14-25-23)15-26-24(30)28-12-10-27(11-13-28)18-21-6-4-3-5-7-21/h3-9,14,19-20H,10-13,15-18H2,1-2H3,(H,26,30). The first-order chi connectivity index (χ1) is 15.1. The molecule has 2 fully saturated rings. The van der Waals surface area contributed by atoms with Gasteiger partial charge in [-0.1, -0.05) is 36.4 Å². The van der Waals surface area contributed by atoms with Crippen molar-refractivity contribution in [2.45, 2.75) is 39.1 Å². The summed E-state index contributed by atoms with van der Waals surface area (Å²) >= 11 is 0. The molecule has 166 valence electrons. The third-order valence-electron chi connectivity index (χ3n) is 5.90. The van der Waals surface area contributed by atoms with Crippen molar-refractivity contribution < 1.29 is 9.53 Å². The average Bonchev–Trinajstić information content (AvgIpc) is 2.78. The quantitative estimate of drug-likeness (QED) is 0.801. The lowest BCUT2D eigenvalue weighted by molar-refractivity contribution is -0.00546. The first-order valence-electron chi connectivity index (χ1n) is 11.2. The number of hydrogen-bond donors (Lipinski definition) is 1. The Labute approximate surface area is 185 Å². The highest BCUT2D eigenvalue weighted by atomic mass is 16.5. The number of nitrogens with one attached hydrogen (secondary N) is 1. The third-order valence-corrected chi connectivity index (χ3v) is 5.90. The number of morpholine rings is 1. The fourth-order valence-corrected chi connectivity index (χ4v) is 4.31. The maximum Gasteiger partial charge on any atom is 0.317 e. The van der Waals surface area contributed by atoms with Gasteiger partial charge in [-0.3, -0.25) is 4.90 Å². The van der Waals surface area contributed by atoms with Crippen LogP contribution >= 0.6 is 0 Å². The van der Waals surface area contributed by atoms with Gasteiger partial charge in [0.25, 0.3) is 0 Å². The van der Waals surface area contributed by atoms with Gasteiger partial charge in [0.1, 0.15) is 5.82 Å². The monoisotopic (exact) mass is 423 g/mol. The van der Waals surface area contributed by atoms with Crippen LogP contribution in [0.2, 0.25) is 0 Å². The van der Waals surface area contributed by atoms with Gasteiger partial charge in [-0.2, -0.15) is 0 Å². The minimum Gasteiger partial charge on any atom is -0.372 e. The van der Waals surface area contributed by atoms with Crippen LogP contribution in [0.4, 0.5) is 10.6 Å². The van der Waals surface area contributed by atoms with Crippen LogP contribution < -0.4 is 10.2 Å². The summed E-state index contributed by atoms with van der Waals surface area (Å²) < 4.78 is 5.80. The van der Waals surface area contributed by atoms with Gasteiger partial charge in [-0.15, -0.1) is 0 Å². The zero-order valence-corrected chi connectivity index (χ0v) is 18.5. The van der Waals surface area contributed by atoms with E-state index in [1.54, 1.807) is 0 Å². The van der Waals surface area contributed by atoms with Crippen LogP contribution in [0.3, 0.4) is 0 Å². The molecule has 2 aliphatic heterocycles. The molecule has 31 heavy (non-hydrogen) atoms. The number of carbonyl (C=O) groups is 1. The van der Waals surface area contributed by atoms with E-state index in [1.165, 1.54) is 5.56 Å². The number of anilines is 1. The van der Waals surface area contributed by atoms with Gasteiger partial charge in [-0.25, -0.2) is 9.78 Å². The van der Waals surface area contributed by atoms with Crippen molar-refractivity contribution >= 4 is 11.8 Å². The van der Waals surface area contributed by atoms with Crippen LogP contribution in [-0.2, 0) is 17.8 Å². The Morgan fingerprint density at radius 2 is 1.71 bits per heavy atom. The SMILES string of the molecule is CC1CN(c2ccc(CNC(=O)N3CCN(Cc4ccccc4)CC3)cn2)CC(C)O1. The van der Waals surface area contributed by atoms with Gasteiger partial charge in [0.15, 0.2) is 0 Å². The molecule has 0 aliphatic carbocycles. The van der Waals surface area contributed by atoms with Crippen LogP contribution in [-0.4, -0.2) is 72.3 Å². The molecule has 0 bridgehead atoms. The van der Waals surface area contributed by atoms with Crippen molar-refractivity contribution in [1.82, 2.24) is 20.1 Å². The summed E-state index contributed by atoms with van der Waals surface area (Å²) in [5.74, 6) is 0.964. The first kappa shape index (κ1) is 21.6. The van der Waals surface area contributed by atoms with Gasteiger partial charge in [0, 0.05) is 58.6 Å². The average molecular weight is 424 g/mol. The Kier molecular flexibility index (Phi) is 7.04. The predicted molar refractivity (Wildman–Crippen MR) is 122 cm³/mol. The molecule has 3 heterocycles. The van der Waals surface area contributed by atoms with E-state index in [9.17, 15) is 4.79 Å². The lowest BCUT2D eigenvalue weighted by Crippen LogP contribution is -2.51. The zero-order valence-electron chi connectivity index (χ0n) is 18.5. The summed E-state index contributed by atoms with van der Waals surface area (Å²) in [6, 6.07) is 14.6. The Balaban J connectivity index is 1.21. The molecule has 0 radical (unpaired) electrons. The molecular formula is C24H33N5O2. The second-order valence-corrected chi connectivity index (χ2v) is 8.59. The maximum atomic E-state index is 12.6. The first-order valence-corrected chi connectivity index (χ1v) is 11.2. The lowest BCUT2D eigenvalue weighted by atomic mass is 10.2. The topological polar surface area (TPSA) is 60.9 Å². The van der Waals surface area contributed by atoms with Gasteiger partial charge in [0.2, 0.25) is 0 Å². The van der Waals surface area contributed by atoms with Crippen LogP contribution in [0.25, 0.3) is 0 Å². The second-order valence-electron chi connectivity index (χ2n) is 8.59. The minimum absolute atomic E-state index is 0.000679. The molecule has 7 heteroatoms. The minimum atomic E-state index is -0.000679. The third kappa shape index (κ3) is 5.95. The zero-order chi connectivity index (χ0) is 21.6. The maximum absolute atomic E-state index is 12.6. The molecule has 1 N–H and O–H groups in total. The Morgan fingerprint density at radius 1 is 1.00 bits per heavy atom. The van der Waals surface area contributed by atoms with Gasteiger partial charge < -0.3 is 19.9 Å². The predicted octanol–water partition coefficient (Wildman–Crippen LogP) is 2.72.